The van der Waals surface area contributed by atoms with Gasteiger partial charge in [-0.1, -0.05) is 6.08 Å². The van der Waals surface area contributed by atoms with Crippen LogP contribution in [0, 0.1) is 0 Å². The number of carbonyl (C=O) groups is 2. The van der Waals surface area contributed by atoms with Crippen molar-refractivity contribution in [3.63, 3.8) is 0 Å². The molecule has 0 fully saturated rings. The third kappa shape index (κ3) is 7.73. The minimum Gasteiger partial charge on any atom is -0.444 e. The molecule has 1 amide bonds. The number of amides is 1. The zero-order chi connectivity index (χ0) is 12.1. The Labute approximate surface area is 90.9 Å². The molecule has 0 saturated heterocycles. The molecule has 0 rings (SSSR count). The van der Waals surface area contributed by atoms with Crippen molar-refractivity contribution in [2.45, 2.75) is 33.3 Å². The number of nitrogens with zero attached hydrogens (tertiary/aromatic N) is 1. The fourth-order valence-corrected chi connectivity index (χ4v) is 0.791. The fraction of sp³-hybridized carbons (Fsp3) is 0.636. The molecule has 86 valence electrons. The molecule has 0 aromatic heterocycles. The molecular formula is C11H19NO3. The molecule has 0 unspecified atom stereocenters. The van der Waals surface area contributed by atoms with Crippen LogP contribution in [0.1, 0.15) is 27.7 Å². The van der Waals surface area contributed by atoms with E-state index in [1.54, 1.807) is 13.1 Å². The van der Waals surface area contributed by atoms with Gasteiger partial charge < -0.3 is 9.64 Å². The summed E-state index contributed by atoms with van der Waals surface area (Å²) < 4.78 is 5.13. The summed E-state index contributed by atoms with van der Waals surface area (Å²) in [5, 5.41) is 0. The van der Waals surface area contributed by atoms with E-state index in [1.807, 2.05) is 20.8 Å². The van der Waals surface area contributed by atoms with Gasteiger partial charge in [0.1, 0.15) is 5.60 Å². The minimum absolute atomic E-state index is 0.0346. The minimum atomic E-state index is -0.490. The van der Waals surface area contributed by atoms with Gasteiger partial charge >= 0.3 is 6.09 Å². The molecular weight excluding hydrogens is 194 g/mol. The number of hydrogen-bond donors (Lipinski definition) is 0. The van der Waals surface area contributed by atoms with Crippen LogP contribution in [0.5, 0.6) is 0 Å². The van der Waals surface area contributed by atoms with Crippen molar-refractivity contribution >= 4 is 11.9 Å². The van der Waals surface area contributed by atoms with Gasteiger partial charge in [0.05, 0.1) is 0 Å². The molecule has 0 bridgehead atoms. The van der Waals surface area contributed by atoms with Gasteiger partial charge in [-0.2, -0.15) is 0 Å². The van der Waals surface area contributed by atoms with Gasteiger partial charge in [-0.3, -0.25) is 4.79 Å². The average Bonchev–Trinajstić information content (AvgIpc) is 1.99. The van der Waals surface area contributed by atoms with Crippen LogP contribution in [-0.2, 0) is 9.53 Å². The first-order valence-corrected chi connectivity index (χ1v) is 4.83. The summed E-state index contributed by atoms with van der Waals surface area (Å²) in [6, 6.07) is 0. The monoisotopic (exact) mass is 213 g/mol. The molecule has 0 aliphatic rings. The summed E-state index contributed by atoms with van der Waals surface area (Å²) in [5.74, 6) is -0.0346. The average molecular weight is 213 g/mol. The molecule has 0 heterocycles. The first kappa shape index (κ1) is 13.7. The second kappa shape index (κ2) is 5.53. The first-order valence-electron chi connectivity index (χ1n) is 4.83. The molecule has 0 aromatic rings. The lowest BCUT2D eigenvalue weighted by Crippen LogP contribution is -2.34. The number of likely N-dealkylation sites (N-methyl/N-ethyl adjacent to an activating group) is 1. The molecule has 0 radical (unpaired) electrons. The Hall–Kier alpha value is -1.32. The Balaban J connectivity index is 4.06. The molecule has 0 spiro atoms. The lowest BCUT2D eigenvalue weighted by Gasteiger charge is -2.23. The number of carbonyl (C=O) groups excluding carboxylic acids is 2. The van der Waals surface area contributed by atoms with Gasteiger partial charge in [0, 0.05) is 13.6 Å². The number of ketones is 1. The van der Waals surface area contributed by atoms with Crippen LogP contribution in [-0.4, -0.2) is 36.0 Å². The zero-order valence-corrected chi connectivity index (χ0v) is 10.0. The third-order valence-electron chi connectivity index (χ3n) is 1.44. The van der Waals surface area contributed by atoms with Crippen LogP contribution < -0.4 is 0 Å². The highest BCUT2D eigenvalue weighted by Crippen LogP contribution is 2.08. The van der Waals surface area contributed by atoms with E-state index in [-0.39, 0.29) is 5.78 Å². The SMILES string of the molecule is CC(=O)C=CCN(C)C(=O)OC(C)(C)C. The topological polar surface area (TPSA) is 46.6 Å². The van der Waals surface area contributed by atoms with Crippen LogP contribution in [0.4, 0.5) is 4.79 Å². The van der Waals surface area contributed by atoms with E-state index in [0.717, 1.165) is 0 Å². The highest BCUT2D eigenvalue weighted by molar-refractivity contribution is 5.87. The molecule has 4 heteroatoms. The van der Waals surface area contributed by atoms with E-state index in [1.165, 1.54) is 17.9 Å². The van der Waals surface area contributed by atoms with Crippen molar-refractivity contribution in [2.24, 2.45) is 0 Å². The molecule has 0 aliphatic heterocycles. The Morgan fingerprint density at radius 3 is 2.27 bits per heavy atom. The summed E-state index contributed by atoms with van der Waals surface area (Å²) in [4.78, 5) is 23.4. The van der Waals surface area contributed by atoms with Crippen LogP contribution in [0.15, 0.2) is 12.2 Å². The lowest BCUT2D eigenvalue weighted by molar-refractivity contribution is -0.112. The van der Waals surface area contributed by atoms with Crippen LogP contribution in [0.25, 0.3) is 0 Å². The Morgan fingerprint density at radius 1 is 1.33 bits per heavy atom. The summed E-state index contributed by atoms with van der Waals surface area (Å²) in [7, 11) is 1.62. The Bertz CT molecular complexity index is 263. The highest BCUT2D eigenvalue weighted by Gasteiger charge is 2.18. The van der Waals surface area contributed by atoms with Crippen molar-refractivity contribution in [3.8, 4) is 0 Å². The van der Waals surface area contributed by atoms with Crippen LogP contribution >= 0.6 is 0 Å². The molecule has 0 aromatic carbocycles. The predicted molar refractivity (Wildman–Crippen MR) is 58.7 cm³/mol. The van der Waals surface area contributed by atoms with Gasteiger partial charge in [-0.15, -0.1) is 0 Å². The normalized spacial score (nSPS) is 11.5. The summed E-state index contributed by atoms with van der Waals surface area (Å²) in [6.45, 7) is 7.26. The van der Waals surface area contributed by atoms with E-state index >= 15 is 0 Å². The lowest BCUT2D eigenvalue weighted by atomic mass is 10.2. The maximum Gasteiger partial charge on any atom is 0.410 e. The quantitative estimate of drug-likeness (QED) is 0.674. The van der Waals surface area contributed by atoms with E-state index < -0.39 is 11.7 Å². The number of hydrogen-bond acceptors (Lipinski definition) is 3. The maximum absolute atomic E-state index is 11.4. The number of rotatable bonds is 3. The van der Waals surface area contributed by atoms with Gasteiger partial charge in [0.2, 0.25) is 0 Å². The van der Waals surface area contributed by atoms with Crippen LogP contribution in [0.3, 0.4) is 0 Å². The summed E-state index contributed by atoms with van der Waals surface area (Å²) in [5.41, 5.74) is -0.490. The van der Waals surface area contributed by atoms with E-state index in [9.17, 15) is 9.59 Å². The molecule has 0 aliphatic carbocycles. The van der Waals surface area contributed by atoms with Crippen molar-refractivity contribution in [1.29, 1.82) is 0 Å². The Morgan fingerprint density at radius 2 is 1.87 bits per heavy atom. The Kier molecular flexibility index (Phi) is 5.05. The van der Waals surface area contributed by atoms with E-state index in [2.05, 4.69) is 0 Å². The van der Waals surface area contributed by atoms with Gasteiger partial charge in [-0.25, -0.2) is 4.79 Å². The predicted octanol–water partition coefficient (Wildman–Crippen LogP) is 2.00. The molecule has 0 atom stereocenters. The van der Waals surface area contributed by atoms with Gasteiger partial charge in [0.25, 0.3) is 0 Å². The van der Waals surface area contributed by atoms with Crippen molar-refractivity contribution in [1.82, 2.24) is 4.90 Å². The van der Waals surface area contributed by atoms with Crippen molar-refractivity contribution in [2.75, 3.05) is 13.6 Å². The number of allylic oxidation sites excluding steroid dienone is 1. The van der Waals surface area contributed by atoms with Gasteiger partial charge in [-0.05, 0) is 33.8 Å². The highest BCUT2D eigenvalue weighted by atomic mass is 16.6. The van der Waals surface area contributed by atoms with E-state index in [4.69, 9.17) is 4.74 Å². The van der Waals surface area contributed by atoms with Crippen molar-refractivity contribution < 1.29 is 14.3 Å². The molecule has 0 saturated carbocycles. The van der Waals surface area contributed by atoms with Crippen LogP contribution in [0.2, 0.25) is 0 Å². The fourth-order valence-electron chi connectivity index (χ4n) is 0.791. The van der Waals surface area contributed by atoms with Crippen molar-refractivity contribution in [3.05, 3.63) is 12.2 Å². The van der Waals surface area contributed by atoms with E-state index in [0.29, 0.717) is 6.54 Å². The summed E-state index contributed by atoms with van der Waals surface area (Å²) in [6.07, 6.45) is 2.67. The zero-order valence-electron chi connectivity index (χ0n) is 10.0. The molecule has 4 nitrogen and oxygen atoms in total. The smallest absolute Gasteiger partial charge is 0.410 e. The second-order valence-corrected chi connectivity index (χ2v) is 4.37. The first-order chi connectivity index (χ1) is 6.72. The second-order valence-electron chi connectivity index (χ2n) is 4.37. The standard InChI is InChI=1S/C11H19NO3/c1-9(13)7-6-8-12(5)10(14)15-11(2,3)4/h6-7H,8H2,1-5H3. The molecule has 15 heavy (non-hydrogen) atoms. The maximum atomic E-state index is 11.4. The molecule has 0 N–H and O–H groups in total. The number of ether oxygens (including phenoxy) is 1. The van der Waals surface area contributed by atoms with Gasteiger partial charge in [0.15, 0.2) is 5.78 Å². The summed E-state index contributed by atoms with van der Waals surface area (Å²) >= 11 is 0. The largest absolute Gasteiger partial charge is 0.444 e. The third-order valence-corrected chi connectivity index (χ3v) is 1.44.